The first kappa shape index (κ1) is 26.7. The molecular weight excluding hydrogens is 525 g/mol. The maximum Gasteiger partial charge on any atom is 0.411 e. The van der Waals surface area contributed by atoms with Crippen LogP contribution < -0.4 is 15.4 Å². The van der Waals surface area contributed by atoms with Gasteiger partial charge in [0.25, 0.3) is 5.91 Å². The molecule has 2 fully saturated rings. The lowest BCUT2D eigenvalue weighted by Crippen LogP contribution is -2.41. The number of carbonyl (C=O) groups excluding carboxylic acids is 2. The second-order valence-electron chi connectivity index (χ2n) is 11.6. The number of ether oxygens (including phenoxy) is 2. The van der Waals surface area contributed by atoms with Crippen molar-refractivity contribution in [1.82, 2.24) is 20.2 Å². The van der Waals surface area contributed by atoms with Gasteiger partial charge in [0.05, 0.1) is 41.3 Å². The highest BCUT2D eigenvalue weighted by Crippen LogP contribution is 2.48. The van der Waals surface area contributed by atoms with Crippen molar-refractivity contribution in [2.24, 2.45) is 5.92 Å². The molecule has 2 aromatic heterocycles. The maximum atomic E-state index is 14.5. The van der Waals surface area contributed by atoms with Crippen molar-refractivity contribution in [3.8, 4) is 28.8 Å². The number of amides is 2. The van der Waals surface area contributed by atoms with E-state index < -0.39 is 11.4 Å². The molecule has 41 heavy (non-hydrogen) atoms. The summed E-state index contributed by atoms with van der Waals surface area (Å²) in [6.07, 6.45) is 5.37. The van der Waals surface area contributed by atoms with E-state index in [4.69, 9.17) is 9.47 Å². The van der Waals surface area contributed by atoms with E-state index in [-0.39, 0.29) is 29.8 Å². The van der Waals surface area contributed by atoms with Crippen molar-refractivity contribution < 1.29 is 23.5 Å². The molecule has 1 saturated heterocycles. The summed E-state index contributed by atoms with van der Waals surface area (Å²) in [6, 6.07) is 6.31. The maximum absolute atomic E-state index is 14.5. The smallest absolute Gasteiger partial charge is 0.411 e. The van der Waals surface area contributed by atoms with E-state index >= 15 is 0 Å². The lowest BCUT2D eigenvalue weighted by molar-refractivity contribution is 0.0224. The lowest BCUT2D eigenvalue weighted by atomic mass is 10.0. The molecule has 3 N–H and O–H groups in total. The first-order chi connectivity index (χ1) is 19.6. The number of anilines is 2. The van der Waals surface area contributed by atoms with E-state index in [2.05, 4.69) is 32.4 Å². The molecule has 1 aromatic carbocycles. The Morgan fingerprint density at radius 2 is 2.07 bits per heavy atom. The summed E-state index contributed by atoms with van der Waals surface area (Å²) in [5.41, 5.74) is 3.49. The van der Waals surface area contributed by atoms with E-state index in [0.29, 0.717) is 47.1 Å². The number of fused-ring (bicyclic) bond motifs is 2. The van der Waals surface area contributed by atoms with Crippen molar-refractivity contribution in [3.05, 3.63) is 59.3 Å². The minimum absolute atomic E-state index is 0.0430. The molecule has 2 aliphatic heterocycles. The number of aromatic nitrogens is 2. The number of nitrogens with zero attached hydrogens (tertiary/aromatic N) is 2. The van der Waals surface area contributed by atoms with Crippen molar-refractivity contribution in [2.75, 3.05) is 19.0 Å². The zero-order chi connectivity index (χ0) is 28.9. The van der Waals surface area contributed by atoms with Crippen LogP contribution in [-0.2, 0) is 11.2 Å². The van der Waals surface area contributed by atoms with Crippen LogP contribution in [0.15, 0.2) is 36.7 Å². The number of rotatable bonds is 4. The minimum Gasteiger partial charge on any atom is -0.492 e. The number of H-pyrrole nitrogens is 1. The van der Waals surface area contributed by atoms with Crippen LogP contribution in [0.5, 0.6) is 5.75 Å². The van der Waals surface area contributed by atoms with Crippen LogP contribution in [0.4, 0.5) is 20.6 Å². The van der Waals surface area contributed by atoms with Gasteiger partial charge in [-0.1, -0.05) is 17.9 Å². The number of aromatic amines is 1. The number of methoxy groups -OCH3 is 1. The van der Waals surface area contributed by atoms with Gasteiger partial charge in [-0.3, -0.25) is 14.7 Å². The fraction of sp³-hybridized carbons (Fsp3) is 0.387. The lowest BCUT2D eigenvalue weighted by Gasteiger charge is -2.28. The molecule has 3 aliphatic rings. The molecule has 0 bridgehead atoms. The molecular formula is C31H32FN5O4. The van der Waals surface area contributed by atoms with E-state index in [1.54, 1.807) is 29.4 Å². The largest absolute Gasteiger partial charge is 0.492 e. The van der Waals surface area contributed by atoms with Gasteiger partial charge < -0.3 is 25.1 Å². The minimum atomic E-state index is -0.592. The quantitative estimate of drug-likeness (QED) is 0.390. The predicted octanol–water partition coefficient (Wildman–Crippen LogP) is 5.00. The topological polar surface area (TPSA) is 109 Å². The third-order valence-electron chi connectivity index (χ3n) is 7.57. The molecule has 3 aromatic rings. The van der Waals surface area contributed by atoms with Crippen LogP contribution in [0.3, 0.4) is 0 Å². The highest BCUT2D eigenvalue weighted by molar-refractivity contribution is 6.06. The van der Waals surface area contributed by atoms with Crippen molar-refractivity contribution in [3.63, 3.8) is 0 Å². The Hall–Kier alpha value is -4.52. The Kier molecular flexibility index (Phi) is 6.60. The number of benzene rings is 1. The third kappa shape index (κ3) is 5.08. The number of piperidine rings is 1. The highest BCUT2D eigenvalue weighted by atomic mass is 19.1. The summed E-state index contributed by atoms with van der Waals surface area (Å²) in [5.74, 6) is 6.30. The Morgan fingerprint density at radius 1 is 1.24 bits per heavy atom. The number of hydrogen-bond donors (Lipinski definition) is 3. The fourth-order valence-corrected chi connectivity index (χ4v) is 5.69. The van der Waals surface area contributed by atoms with E-state index in [0.717, 1.165) is 24.1 Å². The number of hydrogen-bond acceptors (Lipinski definition) is 6. The Labute approximate surface area is 237 Å². The van der Waals surface area contributed by atoms with Gasteiger partial charge >= 0.3 is 6.09 Å². The summed E-state index contributed by atoms with van der Waals surface area (Å²) >= 11 is 0. The number of nitrogens with one attached hydrogen (secondary N) is 3. The first-order valence-electron chi connectivity index (χ1n) is 13.7. The SMILES string of the molecule is COc1c(F)cccc1Nc1c(-c2ccncc2C#C[C@H]2C[C@@H]3C[C@@H]3N2C(=O)OC(C)(C)C)[nH]c2c1C(=O)NCC2. The first-order valence-corrected chi connectivity index (χ1v) is 13.7. The number of pyridine rings is 1. The van der Waals surface area contributed by atoms with Crippen LogP contribution in [0.2, 0.25) is 0 Å². The van der Waals surface area contributed by atoms with Crippen LogP contribution in [0, 0.1) is 23.6 Å². The summed E-state index contributed by atoms with van der Waals surface area (Å²) in [7, 11) is 1.40. The zero-order valence-corrected chi connectivity index (χ0v) is 23.4. The molecule has 3 atom stereocenters. The van der Waals surface area contributed by atoms with Crippen LogP contribution >= 0.6 is 0 Å². The van der Waals surface area contributed by atoms with Gasteiger partial charge in [-0.05, 0) is 57.7 Å². The normalized spacial score (nSPS) is 20.8. The van der Waals surface area contributed by atoms with Gasteiger partial charge in [-0.25, -0.2) is 9.18 Å². The van der Waals surface area contributed by atoms with E-state index in [1.807, 2.05) is 26.8 Å². The monoisotopic (exact) mass is 557 g/mol. The van der Waals surface area contributed by atoms with Crippen molar-refractivity contribution >= 4 is 23.4 Å². The molecule has 9 nitrogen and oxygen atoms in total. The van der Waals surface area contributed by atoms with E-state index in [9.17, 15) is 14.0 Å². The molecule has 10 heteroatoms. The van der Waals surface area contributed by atoms with Gasteiger partial charge in [-0.15, -0.1) is 0 Å². The number of para-hydroxylation sites is 1. The molecule has 1 aliphatic carbocycles. The third-order valence-corrected chi connectivity index (χ3v) is 7.57. The Morgan fingerprint density at radius 3 is 2.85 bits per heavy atom. The number of halogens is 1. The average Bonchev–Trinajstić information content (AvgIpc) is 3.42. The fourth-order valence-electron chi connectivity index (χ4n) is 5.69. The van der Waals surface area contributed by atoms with Gasteiger partial charge in [0.1, 0.15) is 5.60 Å². The second kappa shape index (κ2) is 10.1. The average molecular weight is 558 g/mol. The van der Waals surface area contributed by atoms with Crippen molar-refractivity contribution in [1.29, 1.82) is 0 Å². The van der Waals surface area contributed by atoms with Gasteiger partial charge in [0.15, 0.2) is 11.6 Å². The summed E-state index contributed by atoms with van der Waals surface area (Å²) in [6.45, 7) is 6.07. The van der Waals surface area contributed by atoms with Crippen LogP contribution in [0.1, 0.15) is 55.2 Å². The standard InChI is InChI=1S/C31H32FN5O4/c1-31(2,3)41-30(39)37-19(14-18-15-24(18)37)9-8-17-16-33-12-10-20(17)26-27(25-22(35-26)11-13-34-29(25)38)36-23-7-5-6-21(32)28(23)40-4/h5-7,10,12,16,18-19,24,35-36H,11,13-15H2,1-4H3,(H,34,38)/t18-,19+,24+/m1/s1. The van der Waals surface area contributed by atoms with Crippen LogP contribution in [-0.4, -0.2) is 58.2 Å². The summed E-state index contributed by atoms with van der Waals surface area (Å²) in [4.78, 5) is 35.5. The molecule has 0 spiro atoms. The summed E-state index contributed by atoms with van der Waals surface area (Å²) in [5, 5.41) is 6.15. The molecule has 0 radical (unpaired) electrons. The Bertz CT molecular complexity index is 1600. The van der Waals surface area contributed by atoms with Gasteiger partial charge in [0, 0.05) is 42.7 Å². The number of carbonyl (C=O) groups is 2. The number of likely N-dealkylation sites (tertiary alicyclic amines) is 1. The molecule has 212 valence electrons. The van der Waals surface area contributed by atoms with Crippen molar-refractivity contribution in [2.45, 2.75) is 57.7 Å². The second-order valence-corrected chi connectivity index (χ2v) is 11.6. The van der Waals surface area contributed by atoms with Gasteiger partial charge in [0.2, 0.25) is 0 Å². The molecule has 0 unspecified atom stereocenters. The predicted molar refractivity (Wildman–Crippen MR) is 152 cm³/mol. The molecule has 2 amide bonds. The molecule has 4 heterocycles. The molecule has 6 rings (SSSR count). The van der Waals surface area contributed by atoms with Crippen LogP contribution in [0.25, 0.3) is 11.3 Å². The summed E-state index contributed by atoms with van der Waals surface area (Å²) < 4.78 is 25.5. The van der Waals surface area contributed by atoms with E-state index in [1.165, 1.54) is 13.2 Å². The van der Waals surface area contributed by atoms with Gasteiger partial charge in [-0.2, -0.15) is 0 Å². The zero-order valence-electron chi connectivity index (χ0n) is 23.4. The Balaban J connectivity index is 1.39. The molecule has 1 saturated carbocycles. The highest BCUT2D eigenvalue weighted by Gasteiger charge is 2.54.